The highest BCUT2D eigenvalue weighted by Gasteiger charge is 2.39. The van der Waals surface area contributed by atoms with Crippen LogP contribution in [0.5, 0.6) is 5.75 Å². The highest BCUT2D eigenvalue weighted by molar-refractivity contribution is 6.05. The summed E-state index contributed by atoms with van der Waals surface area (Å²) in [6.45, 7) is 10.1. The minimum atomic E-state index is -0.580. The average molecular weight is 662 g/mol. The zero-order valence-electron chi connectivity index (χ0n) is 28.4. The summed E-state index contributed by atoms with van der Waals surface area (Å²) in [5, 5.41) is 12.4. The monoisotopic (exact) mass is 661 g/mol. The molecule has 3 atom stereocenters. The molecule has 5 aliphatic rings. The van der Waals surface area contributed by atoms with Crippen LogP contribution < -0.4 is 15.1 Å². The van der Waals surface area contributed by atoms with Gasteiger partial charge < -0.3 is 19.8 Å². The molecule has 3 aromatic rings. The molecule has 3 saturated heterocycles. The van der Waals surface area contributed by atoms with E-state index in [9.17, 15) is 19.5 Å². The number of amides is 3. The Bertz CT molecular complexity index is 1740. The average Bonchev–Trinajstić information content (AvgIpc) is 3.44. The lowest BCUT2D eigenvalue weighted by Crippen LogP contribution is -2.52. The van der Waals surface area contributed by atoms with Crippen molar-refractivity contribution in [1.29, 1.82) is 0 Å². The molecule has 3 fully saturated rings. The molecule has 9 heteroatoms. The Labute approximate surface area is 288 Å². The molecule has 256 valence electrons. The van der Waals surface area contributed by atoms with Crippen LogP contribution in [0.4, 0.5) is 11.4 Å². The number of nitrogens with one attached hydrogen (secondary N) is 1. The first-order valence-corrected chi connectivity index (χ1v) is 18.2. The zero-order valence-corrected chi connectivity index (χ0v) is 28.4. The van der Waals surface area contributed by atoms with Gasteiger partial charge in [-0.1, -0.05) is 25.1 Å². The first-order chi connectivity index (χ1) is 23.8. The second-order valence-electron chi connectivity index (χ2n) is 14.9. The van der Waals surface area contributed by atoms with E-state index in [-0.39, 0.29) is 24.1 Å². The van der Waals surface area contributed by atoms with Gasteiger partial charge in [0, 0.05) is 81.6 Å². The third kappa shape index (κ3) is 6.29. The van der Waals surface area contributed by atoms with Crippen LogP contribution in [0.3, 0.4) is 0 Å². The highest BCUT2D eigenvalue weighted by Crippen LogP contribution is 2.42. The van der Waals surface area contributed by atoms with Gasteiger partial charge in [-0.2, -0.15) is 0 Å². The van der Waals surface area contributed by atoms with Crippen LogP contribution in [-0.2, 0) is 22.6 Å². The van der Waals surface area contributed by atoms with Gasteiger partial charge in [0.05, 0.1) is 0 Å². The molecule has 0 aromatic heterocycles. The summed E-state index contributed by atoms with van der Waals surface area (Å²) in [7, 11) is 0. The number of aryl methyl sites for hydroxylation is 1. The van der Waals surface area contributed by atoms with E-state index in [1.54, 1.807) is 4.90 Å². The number of phenols is 1. The van der Waals surface area contributed by atoms with E-state index in [2.05, 4.69) is 63.3 Å². The molecule has 49 heavy (non-hydrogen) atoms. The molecule has 0 saturated carbocycles. The van der Waals surface area contributed by atoms with Gasteiger partial charge in [-0.05, 0) is 109 Å². The van der Waals surface area contributed by atoms with Crippen molar-refractivity contribution in [3.05, 3.63) is 88.5 Å². The lowest BCUT2D eigenvalue weighted by molar-refractivity contribution is -0.136. The molecule has 0 radical (unpaired) electrons. The maximum absolute atomic E-state index is 13.1. The number of piperidine rings is 2. The van der Waals surface area contributed by atoms with Crippen molar-refractivity contribution in [3.63, 3.8) is 0 Å². The second kappa shape index (κ2) is 13.2. The van der Waals surface area contributed by atoms with Gasteiger partial charge >= 0.3 is 0 Å². The number of hydrogen-bond donors (Lipinski definition) is 2. The largest absolute Gasteiger partial charge is 0.508 e. The minimum Gasteiger partial charge on any atom is -0.508 e. The Morgan fingerprint density at radius 3 is 2.24 bits per heavy atom. The number of imide groups is 1. The van der Waals surface area contributed by atoms with E-state index in [0.717, 1.165) is 69.9 Å². The van der Waals surface area contributed by atoms with Gasteiger partial charge in [-0.25, -0.2) is 0 Å². The summed E-state index contributed by atoms with van der Waals surface area (Å²) in [6.07, 6.45) is 5.26. The number of nitrogens with zero attached hydrogens (tertiary/aromatic N) is 4. The number of benzene rings is 3. The summed E-state index contributed by atoms with van der Waals surface area (Å²) in [6, 6.07) is 20.7. The summed E-state index contributed by atoms with van der Waals surface area (Å²) in [5.74, 6) is 1.29. The van der Waals surface area contributed by atoms with Gasteiger partial charge in [0.1, 0.15) is 11.8 Å². The van der Waals surface area contributed by atoms with Crippen LogP contribution in [0.25, 0.3) is 0 Å². The van der Waals surface area contributed by atoms with Crippen molar-refractivity contribution in [2.75, 3.05) is 55.6 Å². The summed E-state index contributed by atoms with van der Waals surface area (Å²) >= 11 is 0. The second-order valence-corrected chi connectivity index (χ2v) is 14.9. The number of carbonyl (C=O) groups is 3. The lowest BCUT2D eigenvalue weighted by atomic mass is 9.72. The van der Waals surface area contributed by atoms with E-state index in [1.807, 2.05) is 24.3 Å². The van der Waals surface area contributed by atoms with Gasteiger partial charge in [0.15, 0.2) is 0 Å². The quantitative estimate of drug-likeness (QED) is 0.363. The Morgan fingerprint density at radius 1 is 0.755 bits per heavy atom. The highest BCUT2D eigenvalue weighted by atomic mass is 16.3. The topological polar surface area (TPSA) is 96.4 Å². The molecule has 3 aromatic carbocycles. The van der Waals surface area contributed by atoms with Crippen molar-refractivity contribution >= 4 is 29.1 Å². The first kappa shape index (κ1) is 31.9. The van der Waals surface area contributed by atoms with Crippen LogP contribution in [0.15, 0.2) is 60.7 Å². The Morgan fingerprint density at radius 2 is 1.49 bits per heavy atom. The van der Waals surface area contributed by atoms with Gasteiger partial charge in [-0.15, -0.1) is 0 Å². The lowest BCUT2D eigenvalue weighted by Gasteiger charge is -2.40. The number of fused-ring (bicyclic) bond motifs is 2. The molecule has 8 rings (SSSR count). The number of piperazine rings is 1. The number of phenolic OH excluding ortho intramolecular Hbond substituents is 1. The van der Waals surface area contributed by atoms with Crippen molar-refractivity contribution in [2.45, 2.75) is 64.0 Å². The Hall–Kier alpha value is -4.37. The number of carbonyl (C=O) groups excluding carboxylic acids is 3. The Balaban J connectivity index is 0.816. The zero-order chi connectivity index (χ0) is 33.6. The minimum absolute atomic E-state index is 0.119. The fourth-order valence-corrected chi connectivity index (χ4v) is 9.05. The predicted octanol–water partition coefficient (Wildman–Crippen LogP) is 4.91. The molecule has 0 unspecified atom stereocenters. The van der Waals surface area contributed by atoms with Crippen molar-refractivity contribution in [3.8, 4) is 5.75 Å². The molecule has 9 nitrogen and oxygen atoms in total. The first-order valence-electron chi connectivity index (χ1n) is 18.2. The van der Waals surface area contributed by atoms with Crippen molar-refractivity contribution in [1.82, 2.24) is 15.1 Å². The summed E-state index contributed by atoms with van der Waals surface area (Å²) < 4.78 is 0. The fourth-order valence-electron chi connectivity index (χ4n) is 9.05. The predicted molar refractivity (Wildman–Crippen MR) is 190 cm³/mol. The van der Waals surface area contributed by atoms with Crippen molar-refractivity contribution in [2.24, 2.45) is 11.8 Å². The van der Waals surface area contributed by atoms with E-state index in [4.69, 9.17) is 0 Å². The maximum atomic E-state index is 13.1. The van der Waals surface area contributed by atoms with Gasteiger partial charge in [-0.3, -0.25) is 24.6 Å². The van der Waals surface area contributed by atoms with Crippen LogP contribution in [0, 0.1) is 11.8 Å². The molecule has 4 aliphatic heterocycles. The Kier molecular flexibility index (Phi) is 8.56. The third-order valence-electron chi connectivity index (χ3n) is 11.9. The smallest absolute Gasteiger partial charge is 0.255 e. The van der Waals surface area contributed by atoms with Crippen LogP contribution >= 0.6 is 0 Å². The molecule has 2 N–H and O–H groups in total. The fraction of sp³-hybridized carbons (Fsp3) is 0.475. The molecule has 4 heterocycles. The number of anilines is 2. The molecule has 0 spiro atoms. The summed E-state index contributed by atoms with van der Waals surface area (Å²) in [4.78, 5) is 46.3. The molecular formula is C40H47N5O4. The molecule has 0 bridgehead atoms. The normalized spacial score (nSPS) is 25.0. The molecule has 1 aliphatic carbocycles. The van der Waals surface area contributed by atoms with E-state index < -0.39 is 6.04 Å². The van der Waals surface area contributed by atoms with Crippen molar-refractivity contribution < 1.29 is 19.5 Å². The van der Waals surface area contributed by atoms with Crippen LogP contribution in [-0.4, -0.2) is 84.5 Å². The van der Waals surface area contributed by atoms with E-state index in [1.165, 1.54) is 35.2 Å². The molecular weight excluding hydrogens is 614 g/mol. The van der Waals surface area contributed by atoms with Crippen LogP contribution in [0.1, 0.15) is 77.6 Å². The number of rotatable bonds is 6. The van der Waals surface area contributed by atoms with E-state index in [0.29, 0.717) is 42.0 Å². The van der Waals surface area contributed by atoms with Gasteiger partial charge in [0.2, 0.25) is 11.8 Å². The van der Waals surface area contributed by atoms with Crippen LogP contribution in [0.2, 0.25) is 0 Å². The number of aromatic hydroxyl groups is 1. The SMILES string of the molecule is C[C@H]1CCc2cc(O)ccc2[C@H]1c1ccc(N2CCC(CN3CCN(c4ccc5c(c4)CN([C@@H]4CCC(=O)NC4=O)C5=O)CC3)CC2)cc1. The van der Waals surface area contributed by atoms with E-state index >= 15 is 0 Å². The third-order valence-corrected chi connectivity index (χ3v) is 11.9. The maximum Gasteiger partial charge on any atom is 0.255 e. The molecule has 3 amide bonds. The summed E-state index contributed by atoms with van der Waals surface area (Å²) in [5.41, 5.74) is 8.12. The van der Waals surface area contributed by atoms with Gasteiger partial charge in [0.25, 0.3) is 5.91 Å². The standard InChI is InChI=1S/C40H47N5O4/c1-26-2-3-29-23-33(46)9-11-34(29)38(26)28-4-6-31(7-5-28)43-16-14-27(15-17-43)24-42-18-20-44(21-19-42)32-8-10-35-30(22-32)25-45(40(35)49)36-12-13-37(47)41-39(36)48/h4-11,22-23,26-27,36,38,46H,2-3,12-21,24-25H2,1H3,(H,41,47,48)/t26-,36+,38+/m0/s1. The number of hydrogen-bond acceptors (Lipinski definition) is 7.